The van der Waals surface area contributed by atoms with E-state index < -0.39 is 17.3 Å². The van der Waals surface area contributed by atoms with Crippen LogP contribution in [0.15, 0.2) is 94.5 Å². The first-order chi connectivity index (χ1) is 21.4. The molecule has 2 heterocycles. The summed E-state index contributed by atoms with van der Waals surface area (Å²) in [6.07, 6.45) is 4.17. The number of amides is 1. The van der Waals surface area contributed by atoms with Crippen LogP contribution in [-0.2, 0) is 25.4 Å². The predicted molar refractivity (Wildman–Crippen MR) is 170 cm³/mol. The summed E-state index contributed by atoms with van der Waals surface area (Å²) in [7, 11) is 3.10. The molecule has 9 nitrogen and oxygen atoms in total. The molecule has 226 valence electrons. The van der Waals surface area contributed by atoms with Crippen LogP contribution in [-0.4, -0.2) is 36.3 Å². The highest BCUT2D eigenvalue weighted by atomic mass is 16.3. The number of imidazole rings is 1. The molecule has 6 rings (SSSR count). The van der Waals surface area contributed by atoms with Crippen molar-refractivity contribution in [3.05, 3.63) is 122 Å². The number of carbonyl (C=O) groups is 1. The second-order valence-corrected chi connectivity index (χ2v) is 11.7. The van der Waals surface area contributed by atoms with Crippen molar-refractivity contribution >= 4 is 17.1 Å². The van der Waals surface area contributed by atoms with Crippen LogP contribution < -0.4 is 16.6 Å². The minimum absolute atomic E-state index is 0.0797. The molecular weight excluding hydrogens is 554 g/mol. The highest BCUT2D eigenvalue weighted by molar-refractivity contribution is 5.84. The predicted octanol–water partition coefficient (Wildman–Crippen LogP) is 4.27. The Morgan fingerprint density at radius 2 is 1.52 bits per heavy atom. The quantitative estimate of drug-likeness (QED) is 0.266. The minimum Gasteiger partial charge on any atom is -0.394 e. The van der Waals surface area contributed by atoms with Crippen molar-refractivity contribution in [2.75, 3.05) is 6.61 Å². The molecule has 0 unspecified atom stereocenters. The Hall–Kier alpha value is -4.76. The molecule has 9 heteroatoms. The van der Waals surface area contributed by atoms with Crippen molar-refractivity contribution in [3.63, 3.8) is 0 Å². The van der Waals surface area contributed by atoms with Crippen LogP contribution in [0.3, 0.4) is 0 Å². The lowest BCUT2D eigenvalue weighted by atomic mass is 9.83. The van der Waals surface area contributed by atoms with E-state index in [4.69, 9.17) is 4.98 Å². The van der Waals surface area contributed by atoms with Crippen molar-refractivity contribution in [3.8, 4) is 11.4 Å². The average molecular weight is 592 g/mol. The first-order valence-electron chi connectivity index (χ1n) is 15.1. The summed E-state index contributed by atoms with van der Waals surface area (Å²) in [6.45, 7) is 0.176. The minimum atomic E-state index is -0.476. The van der Waals surface area contributed by atoms with Crippen LogP contribution in [0, 0.1) is 5.92 Å². The van der Waals surface area contributed by atoms with E-state index in [-0.39, 0.29) is 24.3 Å². The molecule has 1 saturated carbocycles. The lowest BCUT2D eigenvalue weighted by Gasteiger charge is -2.26. The SMILES string of the molecule is Cn1c(=O)c2c(nc(-c3ccccc3)n2Cc2ccc([C@@H](C(=O)N[C@@H](CO)c3ccccc3)C3CCCC3)cc2)n(C)c1=O. The smallest absolute Gasteiger partial charge is 0.332 e. The summed E-state index contributed by atoms with van der Waals surface area (Å²) < 4.78 is 4.38. The molecule has 0 aliphatic heterocycles. The van der Waals surface area contributed by atoms with Crippen LogP contribution in [0.1, 0.15) is 54.3 Å². The van der Waals surface area contributed by atoms with Gasteiger partial charge in [-0.3, -0.25) is 18.7 Å². The number of rotatable bonds is 9. The van der Waals surface area contributed by atoms with E-state index in [1.54, 1.807) is 7.05 Å². The number of hydrogen-bond donors (Lipinski definition) is 2. The fourth-order valence-corrected chi connectivity index (χ4v) is 6.53. The molecule has 3 aromatic carbocycles. The maximum absolute atomic E-state index is 13.8. The third-order valence-electron chi connectivity index (χ3n) is 8.91. The molecule has 2 atom stereocenters. The summed E-state index contributed by atoms with van der Waals surface area (Å²) >= 11 is 0. The van der Waals surface area contributed by atoms with Gasteiger partial charge in [0.15, 0.2) is 11.2 Å². The zero-order valence-corrected chi connectivity index (χ0v) is 25.0. The molecule has 1 aliphatic rings. The molecule has 1 aliphatic carbocycles. The number of aliphatic hydroxyl groups excluding tert-OH is 1. The van der Waals surface area contributed by atoms with Crippen molar-refractivity contribution in [1.29, 1.82) is 0 Å². The van der Waals surface area contributed by atoms with Crippen LogP contribution >= 0.6 is 0 Å². The summed E-state index contributed by atoms with van der Waals surface area (Å²) in [5.41, 5.74) is 3.44. The number of nitrogens with one attached hydrogen (secondary N) is 1. The Labute approximate surface area is 255 Å². The number of hydrogen-bond acceptors (Lipinski definition) is 5. The second kappa shape index (κ2) is 12.5. The normalized spacial score (nSPS) is 15.0. The van der Waals surface area contributed by atoms with Gasteiger partial charge in [0.05, 0.1) is 18.6 Å². The Kier molecular flexibility index (Phi) is 8.30. The van der Waals surface area contributed by atoms with E-state index in [0.717, 1.165) is 52.5 Å². The van der Waals surface area contributed by atoms with Gasteiger partial charge in [-0.2, -0.15) is 0 Å². The molecule has 2 aromatic heterocycles. The molecule has 0 radical (unpaired) electrons. The van der Waals surface area contributed by atoms with Gasteiger partial charge < -0.3 is 15.0 Å². The Balaban J connectivity index is 1.35. The van der Waals surface area contributed by atoms with Crippen LogP contribution in [0.2, 0.25) is 0 Å². The first kappa shape index (κ1) is 29.3. The number of aliphatic hydroxyl groups is 1. The van der Waals surface area contributed by atoms with Gasteiger partial charge in [0.1, 0.15) is 5.82 Å². The van der Waals surface area contributed by atoms with Gasteiger partial charge in [0.25, 0.3) is 5.56 Å². The molecular formula is C35H37N5O4. The number of carbonyl (C=O) groups excluding carboxylic acids is 1. The maximum Gasteiger partial charge on any atom is 0.332 e. The Morgan fingerprint density at radius 3 is 2.16 bits per heavy atom. The summed E-state index contributed by atoms with van der Waals surface area (Å²) in [6, 6.07) is 26.7. The summed E-state index contributed by atoms with van der Waals surface area (Å²) in [5.74, 6) is 0.411. The lowest BCUT2D eigenvalue weighted by Crippen LogP contribution is -2.37. The van der Waals surface area contributed by atoms with Gasteiger partial charge in [0.2, 0.25) is 5.91 Å². The van der Waals surface area contributed by atoms with Crippen molar-refractivity contribution < 1.29 is 9.90 Å². The van der Waals surface area contributed by atoms with Crippen LogP contribution in [0.5, 0.6) is 0 Å². The Morgan fingerprint density at radius 1 is 0.886 bits per heavy atom. The molecule has 0 saturated heterocycles. The third-order valence-corrected chi connectivity index (χ3v) is 8.91. The van der Waals surface area contributed by atoms with Crippen molar-refractivity contribution in [1.82, 2.24) is 24.0 Å². The van der Waals surface area contributed by atoms with Crippen molar-refractivity contribution in [2.45, 2.75) is 44.2 Å². The zero-order valence-electron chi connectivity index (χ0n) is 25.0. The summed E-state index contributed by atoms with van der Waals surface area (Å²) in [4.78, 5) is 44.6. The summed E-state index contributed by atoms with van der Waals surface area (Å²) in [5, 5.41) is 13.2. The molecule has 5 aromatic rings. The van der Waals surface area contributed by atoms with Gasteiger partial charge in [0, 0.05) is 26.2 Å². The van der Waals surface area contributed by atoms with E-state index in [1.807, 2.05) is 89.5 Å². The fraction of sp³-hybridized carbons (Fsp3) is 0.314. The molecule has 1 amide bonds. The monoisotopic (exact) mass is 591 g/mol. The lowest BCUT2D eigenvalue weighted by molar-refractivity contribution is -0.124. The standard InChI is InChI=1S/C35H37N5O4/c1-38-32-30(34(43)39(2)35(38)44)40(31(37-32)27-15-7-4-8-16-27)21-23-17-19-26(20-18-23)29(25-13-9-10-14-25)33(42)36-28(22-41)24-11-5-3-6-12-24/h3-8,11-12,15-20,25,28-29,41H,9-10,13-14,21-22H2,1-2H3,(H,36,42)/t28-,29-/m0/s1. The van der Waals surface area contributed by atoms with E-state index in [9.17, 15) is 19.5 Å². The van der Waals surface area contributed by atoms with Gasteiger partial charge in [-0.25, -0.2) is 9.78 Å². The fourth-order valence-electron chi connectivity index (χ4n) is 6.53. The number of aromatic nitrogens is 4. The molecule has 0 bridgehead atoms. The van der Waals surface area contributed by atoms with Gasteiger partial charge in [-0.05, 0) is 35.4 Å². The third kappa shape index (κ3) is 5.51. The molecule has 2 N–H and O–H groups in total. The number of fused-ring (bicyclic) bond motifs is 1. The van der Waals surface area contributed by atoms with E-state index in [2.05, 4.69) is 5.32 Å². The van der Waals surface area contributed by atoms with E-state index in [1.165, 1.54) is 11.6 Å². The number of benzene rings is 3. The average Bonchev–Trinajstić information content (AvgIpc) is 3.72. The molecule has 0 spiro atoms. The largest absolute Gasteiger partial charge is 0.394 e. The van der Waals surface area contributed by atoms with Crippen LogP contribution in [0.4, 0.5) is 0 Å². The molecule has 1 fully saturated rings. The van der Waals surface area contributed by atoms with Gasteiger partial charge >= 0.3 is 5.69 Å². The van der Waals surface area contributed by atoms with Crippen LogP contribution in [0.25, 0.3) is 22.6 Å². The highest BCUT2D eigenvalue weighted by Gasteiger charge is 2.33. The second-order valence-electron chi connectivity index (χ2n) is 11.7. The van der Waals surface area contributed by atoms with Gasteiger partial charge in [-0.1, -0.05) is 97.8 Å². The van der Waals surface area contributed by atoms with Crippen molar-refractivity contribution in [2.24, 2.45) is 20.0 Å². The van der Waals surface area contributed by atoms with E-state index in [0.29, 0.717) is 23.5 Å². The molecule has 44 heavy (non-hydrogen) atoms. The number of aryl methyl sites for hydroxylation is 1. The number of nitrogens with zero attached hydrogens (tertiary/aromatic N) is 4. The van der Waals surface area contributed by atoms with Gasteiger partial charge in [-0.15, -0.1) is 0 Å². The maximum atomic E-state index is 13.8. The zero-order chi connectivity index (χ0) is 30.8. The van der Waals surface area contributed by atoms with E-state index >= 15 is 0 Å². The topological polar surface area (TPSA) is 111 Å². The Bertz CT molecular complexity index is 1890. The highest BCUT2D eigenvalue weighted by Crippen LogP contribution is 2.38. The first-order valence-corrected chi connectivity index (χ1v) is 15.1.